The molecule has 1 aromatic rings. The molecule has 1 rings (SSSR count). The molecule has 0 aliphatic carbocycles. The minimum atomic E-state index is -0.667. The number of nitrogen functional groups attached to an aromatic ring is 1. The van der Waals surface area contributed by atoms with Gasteiger partial charge in [-0.25, -0.2) is 4.79 Å². The SMILES string of the molecule is CCC(C)NC(=O)COC(=O)c1cccc(Cl)c1N. The Labute approximate surface area is 117 Å². The Hall–Kier alpha value is -1.75. The van der Waals surface area contributed by atoms with E-state index in [-0.39, 0.29) is 34.8 Å². The number of halogens is 1. The zero-order valence-electron chi connectivity index (χ0n) is 10.9. The fourth-order valence-corrected chi connectivity index (χ4v) is 1.52. The summed E-state index contributed by atoms with van der Waals surface area (Å²) in [7, 11) is 0. The van der Waals surface area contributed by atoms with Gasteiger partial charge in [0.25, 0.3) is 5.91 Å². The highest BCUT2D eigenvalue weighted by molar-refractivity contribution is 6.33. The van der Waals surface area contributed by atoms with Gasteiger partial charge < -0.3 is 15.8 Å². The van der Waals surface area contributed by atoms with Crippen LogP contribution in [0.3, 0.4) is 0 Å². The van der Waals surface area contributed by atoms with Crippen LogP contribution >= 0.6 is 11.6 Å². The molecular weight excluding hydrogens is 268 g/mol. The minimum absolute atomic E-state index is 0.0439. The number of esters is 1. The summed E-state index contributed by atoms with van der Waals surface area (Å²) in [5, 5.41) is 2.97. The molecule has 1 atom stereocenters. The van der Waals surface area contributed by atoms with Crippen LogP contribution in [0.4, 0.5) is 5.69 Å². The largest absolute Gasteiger partial charge is 0.452 e. The Bertz CT molecular complexity index is 477. The topological polar surface area (TPSA) is 81.4 Å². The number of ether oxygens (including phenoxy) is 1. The van der Waals surface area contributed by atoms with Gasteiger partial charge in [-0.1, -0.05) is 24.6 Å². The molecule has 0 aliphatic rings. The average Bonchev–Trinajstić information content (AvgIpc) is 2.39. The summed E-state index contributed by atoms with van der Waals surface area (Å²) in [6, 6.07) is 4.70. The van der Waals surface area contributed by atoms with Crippen molar-refractivity contribution in [3.8, 4) is 0 Å². The molecule has 19 heavy (non-hydrogen) atoms. The molecule has 0 saturated carbocycles. The van der Waals surface area contributed by atoms with Gasteiger partial charge in [0.05, 0.1) is 16.3 Å². The van der Waals surface area contributed by atoms with Crippen LogP contribution in [0.15, 0.2) is 18.2 Å². The lowest BCUT2D eigenvalue weighted by atomic mass is 10.2. The third-order valence-electron chi connectivity index (χ3n) is 2.63. The molecule has 5 nitrogen and oxygen atoms in total. The Morgan fingerprint density at radius 2 is 2.16 bits per heavy atom. The molecule has 0 aliphatic heterocycles. The van der Waals surface area contributed by atoms with Crippen molar-refractivity contribution < 1.29 is 14.3 Å². The zero-order chi connectivity index (χ0) is 14.4. The predicted octanol–water partition coefficient (Wildman–Crippen LogP) is 1.99. The number of hydrogen-bond donors (Lipinski definition) is 2. The Balaban J connectivity index is 2.56. The van der Waals surface area contributed by atoms with Crippen LogP contribution in [0.5, 0.6) is 0 Å². The van der Waals surface area contributed by atoms with E-state index in [0.29, 0.717) is 0 Å². The Morgan fingerprint density at radius 3 is 2.79 bits per heavy atom. The van der Waals surface area contributed by atoms with Gasteiger partial charge in [-0.15, -0.1) is 0 Å². The summed E-state index contributed by atoms with van der Waals surface area (Å²) in [6.07, 6.45) is 0.806. The van der Waals surface area contributed by atoms with E-state index in [1.54, 1.807) is 12.1 Å². The van der Waals surface area contributed by atoms with E-state index < -0.39 is 5.97 Å². The normalized spacial score (nSPS) is 11.7. The summed E-state index contributed by atoms with van der Waals surface area (Å²) in [4.78, 5) is 23.2. The van der Waals surface area contributed by atoms with E-state index in [0.717, 1.165) is 6.42 Å². The smallest absolute Gasteiger partial charge is 0.340 e. The lowest BCUT2D eigenvalue weighted by molar-refractivity contribution is -0.124. The molecule has 0 spiro atoms. The predicted molar refractivity (Wildman–Crippen MR) is 74.0 cm³/mol. The van der Waals surface area contributed by atoms with E-state index in [1.807, 2.05) is 13.8 Å². The lowest BCUT2D eigenvalue weighted by Gasteiger charge is -2.12. The summed E-state index contributed by atoms with van der Waals surface area (Å²) in [5.41, 5.74) is 5.96. The first kappa shape index (κ1) is 15.3. The molecule has 0 bridgehead atoms. The van der Waals surface area contributed by atoms with Crippen molar-refractivity contribution in [3.63, 3.8) is 0 Å². The van der Waals surface area contributed by atoms with Crippen LogP contribution in [0.2, 0.25) is 5.02 Å². The van der Waals surface area contributed by atoms with Gasteiger partial charge in [0.15, 0.2) is 6.61 Å². The van der Waals surface area contributed by atoms with E-state index in [9.17, 15) is 9.59 Å². The van der Waals surface area contributed by atoms with Crippen molar-refractivity contribution in [2.45, 2.75) is 26.3 Å². The molecule has 1 unspecified atom stereocenters. The molecule has 104 valence electrons. The summed E-state index contributed by atoms with van der Waals surface area (Å²) < 4.78 is 4.88. The van der Waals surface area contributed by atoms with Crippen molar-refractivity contribution in [1.82, 2.24) is 5.32 Å². The zero-order valence-corrected chi connectivity index (χ0v) is 11.7. The highest BCUT2D eigenvalue weighted by Crippen LogP contribution is 2.22. The number of carbonyl (C=O) groups excluding carboxylic acids is 2. The molecule has 1 amide bonds. The number of anilines is 1. The maximum absolute atomic E-state index is 11.7. The van der Waals surface area contributed by atoms with Crippen molar-refractivity contribution in [2.24, 2.45) is 0 Å². The number of hydrogen-bond acceptors (Lipinski definition) is 4. The molecular formula is C13H17ClN2O3. The molecule has 0 fully saturated rings. The van der Waals surface area contributed by atoms with E-state index in [1.165, 1.54) is 6.07 Å². The quantitative estimate of drug-likeness (QED) is 0.640. The number of amides is 1. The third kappa shape index (κ3) is 4.44. The Kier molecular flexibility index (Phi) is 5.63. The highest BCUT2D eigenvalue weighted by atomic mass is 35.5. The first-order valence-electron chi connectivity index (χ1n) is 5.96. The second-order valence-corrected chi connectivity index (χ2v) is 4.56. The molecule has 0 heterocycles. The van der Waals surface area contributed by atoms with Crippen molar-refractivity contribution >= 4 is 29.2 Å². The third-order valence-corrected chi connectivity index (χ3v) is 2.96. The highest BCUT2D eigenvalue weighted by Gasteiger charge is 2.15. The number of rotatable bonds is 5. The Morgan fingerprint density at radius 1 is 1.47 bits per heavy atom. The maximum Gasteiger partial charge on any atom is 0.340 e. The van der Waals surface area contributed by atoms with Gasteiger partial charge in [0.2, 0.25) is 0 Å². The van der Waals surface area contributed by atoms with Gasteiger partial charge in [-0.2, -0.15) is 0 Å². The fraction of sp³-hybridized carbons (Fsp3) is 0.385. The van der Waals surface area contributed by atoms with Crippen molar-refractivity contribution in [3.05, 3.63) is 28.8 Å². The molecule has 1 aromatic carbocycles. The standard InChI is InChI=1S/C13H17ClN2O3/c1-3-8(2)16-11(17)7-19-13(18)9-5-4-6-10(14)12(9)15/h4-6,8H,3,7,15H2,1-2H3,(H,16,17). The number of nitrogens with two attached hydrogens (primary N) is 1. The van der Waals surface area contributed by atoms with Gasteiger partial charge in [-0.05, 0) is 25.5 Å². The van der Waals surface area contributed by atoms with Crippen LogP contribution in [0.1, 0.15) is 30.6 Å². The number of benzene rings is 1. The van der Waals surface area contributed by atoms with Crippen LogP contribution in [-0.4, -0.2) is 24.5 Å². The summed E-state index contributed by atoms with van der Waals surface area (Å²) in [5.74, 6) is -1.01. The first-order valence-corrected chi connectivity index (χ1v) is 6.34. The van der Waals surface area contributed by atoms with E-state index in [2.05, 4.69) is 5.32 Å². The van der Waals surface area contributed by atoms with Gasteiger partial charge >= 0.3 is 5.97 Å². The molecule has 6 heteroatoms. The van der Waals surface area contributed by atoms with Crippen LogP contribution in [-0.2, 0) is 9.53 Å². The van der Waals surface area contributed by atoms with E-state index in [4.69, 9.17) is 22.1 Å². The fourth-order valence-electron chi connectivity index (χ4n) is 1.34. The summed E-state index contributed by atoms with van der Waals surface area (Å²) in [6.45, 7) is 3.48. The average molecular weight is 285 g/mol. The number of carbonyl (C=O) groups is 2. The van der Waals surface area contributed by atoms with Gasteiger partial charge in [0.1, 0.15) is 0 Å². The molecule has 0 aromatic heterocycles. The van der Waals surface area contributed by atoms with Crippen LogP contribution < -0.4 is 11.1 Å². The molecule has 0 saturated heterocycles. The lowest BCUT2D eigenvalue weighted by Crippen LogP contribution is -2.35. The van der Waals surface area contributed by atoms with Crippen molar-refractivity contribution in [1.29, 1.82) is 0 Å². The number of para-hydroxylation sites is 1. The van der Waals surface area contributed by atoms with Crippen LogP contribution in [0, 0.1) is 0 Å². The minimum Gasteiger partial charge on any atom is -0.452 e. The number of nitrogens with one attached hydrogen (secondary N) is 1. The van der Waals surface area contributed by atoms with Crippen molar-refractivity contribution in [2.75, 3.05) is 12.3 Å². The molecule has 0 radical (unpaired) electrons. The van der Waals surface area contributed by atoms with Crippen LogP contribution in [0.25, 0.3) is 0 Å². The second kappa shape index (κ2) is 6.99. The molecule has 3 N–H and O–H groups in total. The second-order valence-electron chi connectivity index (χ2n) is 4.15. The van der Waals surface area contributed by atoms with E-state index >= 15 is 0 Å². The van der Waals surface area contributed by atoms with Gasteiger partial charge in [0, 0.05) is 6.04 Å². The summed E-state index contributed by atoms with van der Waals surface area (Å²) >= 11 is 5.80. The monoisotopic (exact) mass is 284 g/mol. The maximum atomic E-state index is 11.7. The van der Waals surface area contributed by atoms with Gasteiger partial charge in [-0.3, -0.25) is 4.79 Å². The first-order chi connectivity index (χ1) is 8.95.